The number of nitriles is 1. The summed E-state index contributed by atoms with van der Waals surface area (Å²) in [4.78, 5) is 25.5. The molecule has 1 aliphatic rings. The molecule has 0 radical (unpaired) electrons. The first kappa shape index (κ1) is 23.0. The molecule has 0 fully saturated rings. The van der Waals surface area contributed by atoms with Crippen molar-refractivity contribution in [3.63, 3.8) is 0 Å². The van der Waals surface area contributed by atoms with Crippen LogP contribution in [0.3, 0.4) is 0 Å². The van der Waals surface area contributed by atoms with Gasteiger partial charge in [-0.15, -0.1) is 0 Å². The molecular formula is C23H25FN4O4. The van der Waals surface area contributed by atoms with E-state index in [-0.39, 0.29) is 26.4 Å². The molecule has 0 unspecified atom stereocenters. The Kier molecular flexibility index (Phi) is 8.00. The zero-order valence-corrected chi connectivity index (χ0v) is 17.8. The highest BCUT2D eigenvalue weighted by Crippen LogP contribution is 2.22. The van der Waals surface area contributed by atoms with E-state index in [1.165, 1.54) is 25.2 Å². The van der Waals surface area contributed by atoms with Crippen LogP contribution in [0.1, 0.15) is 17.5 Å². The lowest BCUT2D eigenvalue weighted by Crippen LogP contribution is -2.52. The second-order valence-corrected chi connectivity index (χ2v) is 7.32. The van der Waals surface area contributed by atoms with Crippen LogP contribution in [0, 0.1) is 17.3 Å². The highest BCUT2D eigenvalue weighted by atomic mass is 19.1. The number of benzene rings is 2. The first-order valence-corrected chi connectivity index (χ1v) is 10.2. The fourth-order valence-corrected chi connectivity index (χ4v) is 3.35. The first-order valence-electron chi connectivity index (χ1n) is 10.2. The van der Waals surface area contributed by atoms with Crippen LogP contribution in [0.2, 0.25) is 0 Å². The van der Waals surface area contributed by atoms with E-state index in [1.807, 2.05) is 36.5 Å². The lowest BCUT2D eigenvalue weighted by Gasteiger charge is -2.31. The van der Waals surface area contributed by atoms with Crippen molar-refractivity contribution in [1.82, 2.24) is 15.3 Å². The minimum absolute atomic E-state index is 0.0773. The minimum atomic E-state index is -0.863. The fourth-order valence-electron chi connectivity index (χ4n) is 3.35. The van der Waals surface area contributed by atoms with Crippen molar-refractivity contribution >= 4 is 11.8 Å². The third kappa shape index (κ3) is 6.18. The van der Waals surface area contributed by atoms with Gasteiger partial charge in [0.15, 0.2) is 6.19 Å². The summed E-state index contributed by atoms with van der Waals surface area (Å²) in [7, 11) is 1.44. The summed E-state index contributed by atoms with van der Waals surface area (Å²) >= 11 is 0. The Morgan fingerprint density at radius 2 is 1.97 bits per heavy atom. The Morgan fingerprint density at radius 3 is 2.72 bits per heavy atom. The van der Waals surface area contributed by atoms with E-state index in [0.717, 1.165) is 15.6 Å². The average Bonchev–Trinajstić information content (AvgIpc) is 2.80. The lowest BCUT2D eigenvalue weighted by molar-refractivity contribution is -0.146. The molecular weight excluding hydrogens is 415 g/mol. The number of halogens is 1. The molecule has 0 saturated carbocycles. The third-order valence-corrected chi connectivity index (χ3v) is 5.06. The minimum Gasteiger partial charge on any atom is -0.491 e. The van der Waals surface area contributed by atoms with Crippen molar-refractivity contribution < 1.29 is 23.5 Å². The number of hydrogen-bond donors (Lipinski definition) is 1. The molecule has 1 N–H and O–H groups in total. The molecule has 0 aliphatic carbocycles. The quantitative estimate of drug-likeness (QED) is 0.734. The van der Waals surface area contributed by atoms with Gasteiger partial charge in [0.2, 0.25) is 5.91 Å². The van der Waals surface area contributed by atoms with Crippen LogP contribution in [0.25, 0.3) is 0 Å². The van der Waals surface area contributed by atoms with Gasteiger partial charge in [-0.2, -0.15) is 5.26 Å². The summed E-state index contributed by atoms with van der Waals surface area (Å²) in [5.74, 6) is -1.01. The van der Waals surface area contributed by atoms with Gasteiger partial charge in [-0.1, -0.05) is 30.3 Å². The Balaban J connectivity index is 1.84. The van der Waals surface area contributed by atoms with Gasteiger partial charge in [0.05, 0.1) is 13.2 Å². The van der Waals surface area contributed by atoms with Crippen LogP contribution in [-0.4, -0.2) is 54.7 Å². The summed E-state index contributed by atoms with van der Waals surface area (Å²) in [5.41, 5.74) is 1.43. The molecule has 9 heteroatoms. The number of nitrogens with one attached hydrogen (secondary N) is 1. The molecule has 1 heterocycles. The molecule has 0 aromatic heterocycles. The molecule has 0 saturated heterocycles. The maximum atomic E-state index is 13.8. The number of carbonyl (C=O) groups excluding carboxylic acids is 2. The number of amides is 2. The van der Waals surface area contributed by atoms with Gasteiger partial charge in [-0.25, -0.2) is 14.4 Å². The molecule has 3 rings (SSSR count). The average molecular weight is 440 g/mol. The second-order valence-electron chi connectivity index (χ2n) is 7.32. The molecule has 0 spiro atoms. The van der Waals surface area contributed by atoms with E-state index in [0.29, 0.717) is 24.2 Å². The van der Waals surface area contributed by atoms with Crippen molar-refractivity contribution in [1.29, 1.82) is 5.26 Å². The molecule has 1 aliphatic heterocycles. The maximum Gasteiger partial charge on any atom is 0.263 e. The van der Waals surface area contributed by atoms with Crippen molar-refractivity contribution in [2.45, 2.75) is 25.4 Å². The fraction of sp³-hybridized carbons (Fsp3) is 0.348. The number of ether oxygens (including phenoxy) is 2. The molecule has 0 bridgehead atoms. The molecule has 168 valence electrons. The Morgan fingerprint density at radius 1 is 1.19 bits per heavy atom. The normalized spacial score (nSPS) is 18.1. The Bertz CT molecular complexity index is 980. The summed E-state index contributed by atoms with van der Waals surface area (Å²) in [6, 6.07) is 12.7. The molecule has 2 amide bonds. The molecule has 32 heavy (non-hydrogen) atoms. The SMILES string of the molecule is CN1C(=O)[C@H](CCc2ccccc2)NC(=O)COCCOc2ccc(F)cc2CN1C#N. The summed E-state index contributed by atoms with van der Waals surface area (Å²) in [6.45, 7) is -0.0358. The largest absolute Gasteiger partial charge is 0.491 e. The monoisotopic (exact) mass is 440 g/mol. The first-order chi connectivity index (χ1) is 15.5. The van der Waals surface area contributed by atoms with Crippen LogP contribution in [0.15, 0.2) is 48.5 Å². The lowest BCUT2D eigenvalue weighted by atomic mass is 10.0. The standard InChI is InChI=1S/C23H25FN4O4/c1-27-23(30)20(9-7-17-5-3-2-4-6-17)26-22(29)15-31-11-12-32-21-10-8-19(24)13-18(21)14-28(27)16-25/h2-6,8,10,13,20H,7,9,11-12,14-15H2,1H3,(H,26,29)/t20-/m0/s1. The summed E-state index contributed by atoms with van der Waals surface area (Å²) < 4.78 is 24.8. The van der Waals surface area contributed by atoms with Gasteiger partial charge >= 0.3 is 0 Å². The van der Waals surface area contributed by atoms with Gasteiger partial charge in [0.1, 0.15) is 30.8 Å². The number of fused-ring (bicyclic) bond motifs is 1. The predicted molar refractivity (Wildman–Crippen MR) is 113 cm³/mol. The highest BCUT2D eigenvalue weighted by molar-refractivity contribution is 5.87. The van der Waals surface area contributed by atoms with Crippen LogP contribution >= 0.6 is 0 Å². The van der Waals surface area contributed by atoms with Gasteiger partial charge in [-0.3, -0.25) is 9.59 Å². The van der Waals surface area contributed by atoms with Gasteiger partial charge in [0, 0.05) is 12.6 Å². The predicted octanol–water partition coefficient (Wildman–Crippen LogP) is 2.01. The van der Waals surface area contributed by atoms with E-state index in [1.54, 1.807) is 0 Å². The van der Waals surface area contributed by atoms with Gasteiger partial charge in [-0.05, 0) is 36.6 Å². The maximum absolute atomic E-state index is 13.8. The molecule has 1 atom stereocenters. The van der Waals surface area contributed by atoms with Gasteiger partial charge in [0.25, 0.3) is 5.91 Å². The van der Waals surface area contributed by atoms with Crippen LogP contribution in [0.4, 0.5) is 4.39 Å². The van der Waals surface area contributed by atoms with Crippen molar-refractivity contribution in [2.24, 2.45) is 0 Å². The van der Waals surface area contributed by atoms with E-state index in [9.17, 15) is 19.2 Å². The summed E-state index contributed by atoms with van der Waals surface area (Å²) in [5, 5.41) is 14.6. The van der Waals surface area contributed by atoms with Crippen LogP contribution in [0.5, 0.6) is 5.75 Å². The number of hydrogen-bond acceptors (Lipinski definition) is 6. The molecule has 2 aromatic rings. The van der Waals surface area contributed by atoms with Crippen molar-refractivity contribution in [2.75, 3.05) is 26.9 Å². The number of likely N-dealkylation sites (N-methyl/N-ethyl adjacent to an activating group) is 1. The molecule has 2 aromatic carbocycles. The highest BCUT2D eigenvalue weighted by Gasteiger charge is 2.28. The topological polar surface area (TPSA) is 94.9 Å². The van der Waals surface area contributed by atoms with Crippen molar-refractivity contribution in [3.8, 4) is 11.9 Å². The Hall–Kier alpha value is -3.64. The van der Waals surface area contributed by atoms with E-state index in [2.05, 4.69) is 5.32 Å². The number of hydrazine groups is 1. The van der Waals surface area contributed by atoms with E-state index < -0.39 is 23.7 Å². The smallest absolute Gasteiger partial charge is 0.263 e. The van der Waals surface area contributed by atoms with E-state index in [4.69, 9.17) is 9.47 Å². The van der Waals surface area contributed by atoms with Crippen molar-refractivity contribution in [3.05, 3.63) is 65.5 Å². The zero-order chi connectivity index (χ0) is 22.9. The number of rotatable bonds is 3. The second kappa shape index (κ2) is 11.1. The zero-order valence-electron chi connectivity index (χ0n) is 17.8. The molecule has 8 nitrogen and oxygen atoms in total. The number of carbonyl (C=O) groups is 2. The van der Waals surface area contributed by atoms with Gasteiger partial charge < -0.3 is 14.8 Å². The summed E-state index contributed by atoms with van der Waals surface area (Å²) in [6.07, 6.45) is 2.85. The van der Waals surface area contributed by atoms with Crippen LogP contribution < -0.4 is 10.1 Å². The number of nitrogens with zero attached hydrogens (tertiary/aromatic N) is 3. The van der Waals surface area contributed by atoms with E-state index >= 15 is 0 Å². The third-order valence-electron chi connectivity index (χ3n) is 5.06. The Labute approximate surface area is 186 Å². The van der Waals surface area contributed by atoms with Crippen LogP contribution in [-0.2, 0) is 27.3 Å². The number of aryl methyl sites for hydroxylation is 1.